The Hall–Kier alpha value is -1.57. The third kappa shape index (κ3) is 5.32. The van der Waals surface area contributed by atoms with Crippen LogP contribution in [0.4, 0.5) is 0 Å². The highest BCUT2D eigenvalue weighted by Crippen LogP contribution is 2.07. The van der Waals surface area contributed by atoms with Gasteiger partial charge in [0.15, 0.2) is 5.96 Å². The molecule has 0 spiro atoms. The molecular formula is C16H24IN5. The number of benzene rings is 1. The zero-order valence-electron chi connectivity index (χ0n) is 13.3. The van der Waals surface area contributed by atoms with Gasteiger partial charge in [-0.25, -0.2) is 4.68 Å². The van der Waals surface area contributed by atoms with Gasteiger partial charge in [0.05, 0.1) is 11.9 Å². The van der Waals surface area contributed by atoms with Gasteiger partial charge in [-0.3, -0.25) is 4.99 Å². The molecule has 1 aromatic heterocycles. The molecule has 0 saturated carbocycles. The number of hydrogen-bond donors (Lipinski definition) is 2. The summed E-state index contributed by atoms with van der Waals surface area (Å²) < 4.78 is 1.88. The highest BCUT2D eigenvalue weighted by atomic mass is 127. The molecule has 1 unspecified atom stereocenters. The zero-order valence-corrected chi connectivity index (χ0v) is 15.6. The van der Waals surface area contributed by atoms with Crippen LogP contribution in [0.1, 0.15) is 25.8 Å². The summed E-state index contributed by atoms with van der Waals surface area (Å²) >= 11 is 0. The van der Waals surface area contributed by atoms with Gasteiger partial charge in [-0.2, -0.15) is 5.10 Å². The van der Waals surface area contributed by atoms with Gasteiger partial charge in [0.1, 0.15) is 0 Å². The summed E-state index contributed by atoms with van der Waals surface area (Å²) in [4.78, 5) is 4.22. The molecule has 6 heteroatoms. The van der Waals surface area contributed by atoms with E-state index in [2.05, 4.69) is 34.6 Å². The minimum atomic E-state index is 0. The molecule has 120 valence electrons. The van der Waals surface area contributed by atoms with Crippen LogP contribution < -0.4 is 10.6 Å². The maximum Gasteiger partial charge on any atom is 0.191 e. The molecule has 1 aromatic carbocycles. The summed E-state index contributed by atoms with van der Waals surface area (Å²) in [6.45, 7) is 4.98. The van der Waals surface area contributed by atoms with Crippen molar-refractivity contribution in [3.63, 3.8) is 0 Å². The van der Waals surface area contributed by atoms with Crippen molar-refractivity contribution in [3.05, 3.63) is 48.3 Å². The number of aliphatic imine (C=N–C) groups is 1. The van der Waals surface area contributed by atoms with Crippen molar-refractivity contribution in [2.75, 3.05) is 7.05 Å². The minimum Gasteiger partial charge on any atom is -0.354 e. The Morgan fingerprint density at radius 3 is 2.68 bits per heavy atom. The summed E-state index contributed by atoms with van der Waals surface area (Å²) in [7, 11) is 1.78. The normalized spacial score (nSPS) is 12.4. The van der Waals surface area contributed by atoms with Gasteiger partial charge >= 0.3 is 0 Å². The number of nitrogens with one attached hydrogen (secondary N) is 2. The number of halogens is 1. The lowest BCUT2D eigenvalue weighted by Gasteiger charge is -2.15. The second kappa shape index (κ2) is 9.45. The Bertz CT molecular complexity index is 579. The molecule has 1 atom stereocenters. The molecule has 0 amide bonds. The third-order valence-corrected chi connectivity index (χ3v) is 3.34. The third-order valence-electron chi connectivity index (χ3n) is 3.34. The molecule has 0 aliphatic carbocycles. The van der Waals surface area contributed by atoms with Gasteiger partial charge in [-0.05, 0) is 25.5 Å². The molecule has 2 N–H and O–H groups in total. The van der Waals surface area contributed by atoms with E-state index in [-0.39, 0.29) is 24.0 Å². The van der Waals surface area contributed by atoms with Gasteiger partial charge < -0.3 is 10.6 Å². The van der Waals surface area contributed by atoms with Crippen molar-refractivity contribution in [2.45, 2.75) is 32.9 Å². The van der Waals surface area contributed by atoms with E-state index in [1.807, 2.05) is 47.4 Å². The maximum atomic E-state index is 4.38. The Morgan fingerprint density at radius 1 is 1.32 bits per heavy atom. The topological polar surface area (TPSA) is 54.2 Å². The molecule has 5 nitrogen and oxygen atoms in total. The van der Waals surface area contributed by atoms with Crippen LogP contribution in [0, 0.1) is 0 Å². The number of hydrogen-bond acceptors (Lipinski definition) is 2. The molecule has 2 aromatic rings. The SMILES string of the molecule is CCC(C)NC(=NC)NCc1cnn(-c2ccccc2)c1.I. The summed E-state index contributed by atoms with van der Waals surface area (Å²) in [5.74, 6) is 0.816. The largest absolute Gasteiger partial charge is 0.354 e. The molecular weight excluding hydrogens is 389 g/mol. The fourth-order valence-corrected chi connectivity index (χ4v) is 1.89. The summed E-state index contributed by atoms with van der Waals surface area (Å²) in [5, 5.41) is 11.0. The predicted octanol–water partition coefficient (Wildman–Crippen LogP) is 2.95. The fraction of sp³-hybridized carbons (Fsp3) is 0.375. The van der Waals surface area contributed by atoms with Crippen LogP contribution in [0.2, 0.25) is 0 Å². The van der Waals surface area contributed by atoms with E-state index in [0.29, 0.717) is 12.6 Å². The van der Waals surface area contributed by atoms with E-state index < -0.39 is 0 Å². The van der Waals surface area contributed by atoms with E-state index in [4.69, 9.17) is 0 Å². The van der Waals surface area contributed by atoms with Crippen LogP contribution in [-0.4, -0.2) is 28.8 Å². The van der Waals surface area contributed by atoms with Crippen LogP contribution in [0.5, 0.6) is 0 Å². The smallest absolute Gasteiger partial charge is 0.191 e. The van der Waals surface area contributed by atoms with Crippen LogP contribution in [0.25, 0.3) is 5.69 Å². The van der Waals surface area contributed by atoms with Crippen LogP contribution in [0.15, 0.2) is 47.7 Å². The first-order valence-electron chi connectivity index (χ1n) is 7.29. The predicted molar refractivity (Wildman–Crippen MR) is 102 cm³/mol. The quantitative estimate of drug-likeness (QED) is 0.450. The molecule has 22 heavy (non-hydrogen) atoms. The molecule has 0 fully saturated rings. The van der Waals surface area contributed by atoms with Gasteiger partial charge in [-0.1, -0.05) is 25.1 Å². The molecule has 2 rings (SSSR count). The lowest BCUT2D eigenvalue weighted by Crippen LogP contribution is -2.41. The highest BCUT2D eigenvalue weighted by Gasteiger charge is 2.04. The Balaban J connectivity index is 0.00000242. The number of nitrogens with zero attached hydrogens (tertiary/aromatic N) is 3. The Kier molecular flexibility index (Phi) is 7.94. The number of para-hydroxylation sites is 1. The Morgan fingerprint density at radius 2 is 2.05 bits per heavy atom. The first-order valence-corrected chi connectivity index (χ1v) is 7.29. The average Bonchev–Trinajstić information content (AvgIpc) is 3.01. The standard InChI is InChI=1S/C16H23N5.HI/c1-4-13(2)20-16(17-3)18-10-14-11-19-21(12-14)15-8-6-5-7-9-15;/h5-9,11-13H,4,10H2,1-3H3,(H2,17,18,20);1H. The minimum absolute atomic E-state index is 0. The molecule has 0 bridgehead atoms. The van der Waals surface area contributed by atoms with E-state index in [1.165, 1.54) is 0 Å². The first kappa shape index (κ1) is 18.5. The zero-order chi connectivity index (χ0) is 15.1. The van der Waals surface area contributed by atoms with Crippen molar-refractivity contribution >= 4 is 29.9 Å². The van der Waals surface area contributed by atoms with Gasteiger partial charge in [0, 0.05) is 31.4 Å². The lowest BCUT2D eigenvalue weighted by atomic mass is 10.3. The Labute approximate surface area is 149 Å². The highest BCUT2D eigenvalue weighted by molar-refractivity contribution is 14.0. The van der Waals surface area contributed by atoms with Crippen LogP contribution in [0.3, 0.4) is 0 Å². The van der Waals surface area contributed by atoms with Gasteiger partial charge in [0.2, 0.25) is 0 Å². The summed E-state index contributed by atoms with van der Waals surface area (Å²) in [6.07, 6.45) is 4.96. The maximum absolute atomic E-state index is 4.38. The molecule has 1 heterocycles. The van der Waals surface area contributed by atoms with E-state index in [1.54, 1.807) is 7.05 Å². The van der Waals surface area contributed by atoms with Crippen molar-refractivity contribution in [1.82, 2.24) is 20.4 Å². The molecule has 0 aliphatic rings. The van der Waals surface area contributed by atoms with Crippen molar-refractivity contribution in [1.29, 1.82) is 0 Å². The lowest BCUT2D eigenvalue weighted by molar-refractivity contribution is 0.624. The number of rotatable bonds is 5. The monoisotopic (exact) mass is 413 g/mol. The summed E-state index contributed by atoms with van der Waals surface area (Å²) in [5.41, 5.74) is 2.18. The van der Waals surface area contributed by atoms with Crippen LogP contribution in [-0.2, 0) is 6.54 Å². The second-order valence-corrected chi connectivity index (χ2v) is 5.01. The van der Waals surface area contributed by atoms with Gasteiger partial charge in [0.25, 0.3) is 0 Å². The second-order valence-electron chi connectivity index (χ2n) is 5.01. The van der Waals surface area contributed by atoms with Crippen molar-refractivity contribution in [2.24, 2.45) is 4.99 Å². The van der Waals surface area contributed by atoms with Crippen LogP contribution >= 0.6 is 24.0 Å². The van der Waals surface area contributed by atoms with Crippen molar-refractivity contribution < 1.29 is 0 Å². The number of guanidine groups is 1. The average molecular weight is 413 g/mol. The summed E-state index contributed by atoms with van der Waals surface area (Å²) in [6, 6.07) is 10.5. The first-order chi connectivity index (χ1) is 10.2. The van der Waals surface area contributed by atoms with Gasteiger partial charge in [-0.15, -0.1) is 24.0 Å². The fourth-order valence-electron chi connectivity index (χ4n) is 1.89. The molecule has 0 aliphatic heterocycles. The molecule has 0 radical (unpaired) electrons. The van der Waals surface area contributed by atoms with E-state index in [0.717, 1.165) is 23.6 Å². The molecule has 0 saturated heterocycles. The van der Waals surface area contributed by atoms with E-state index >= 15 is 0 Å². The number of aromatic nitrogens is 2. The van der Waals surface area contributed by atoms with Crippen molar-refractivity contribution in [3.8, 4) is 5.69 Å². The van der Waals surface area contributed by atoms with E-state index in [9.17, 15) is 0 Å².